The summed E-state index contributed by atoms with van der Waals surface area (Å²) < 4.78 is 2.44. The van der Waals surface area contributed by atoms with Gasteiger partial charge in [0.25, 0.3) is 0 Å². The zero-order valence-electron chi connectivity index (χ0n) is 33.8. The molecule has 0 radical (unpaired) electrons. The lowest BCUT2D eigenvalue weighted by Gasteiger charge is -2.33. The largest absolute Gasteiger partial charge is 1.00 e. The first kappa shape index (κ1) is 52.2. The van der Waals surface area contributed by atoms with E-state index in [1.165, 1.54) is 247 Å². The van der Waals surface area contributed by atoms with E-state index in [9.17, 15) is 0 Å². The predicted octanol–water partition coefficient (Wildman–Crippen LogP) is 8.06. The van der Waals surface area contributed by atoms with Crippen molar-refractivity contribution in [1.82, 2.24) is 0 Å². The van der Waals surface area contributed by atoms with Crippen LogP contribution in [0, 0.1) is 0 Å². The van der Waals surface area contributed by atoms with Crippen LogP contribution in [0.25, 0.3) is 0 Å². The van der Waals surface area contributed by atoms with Gasteiger partial charge in [0.15, 0.2) is 0 Å². The first-order chi connectivity index (χ1) is 21.8. The fourth-order valence-corrected chi connectivity index (χ4v) is 7.33. The SMILES string of the molecule is CCCCCCCCCCCCCCCCCC[N+](C)(C)CCC[N+](C)(C)CCCCCCCCCCCCCCCCCC.[Br-].[Br-]. The van der Waals surface area contributed by atoms with Gasteiger partial charge in [-0.2, -0.15) is 0 Å². The van der Waals surface area contributed by atoms with E-state index in [-0.39, 0.29) is 34.0 Å². The van der Waals surface area contributed by atoms with E-state index in [1.807, 2.05) is 0 Å². The second-order valence-electron chi connectivity index (χ2n) is 16.7. The van der Waals surface area contributed by atoms with Crippen LogP contribution in [0.4, 0.5) is 0 Å². The molecule has 0 aliphatic heterocycles. The van der Waals surface area contributed by atoms with Crippen LogP contribution in [0.15, 0.2) is 0 Å². The average Bonchev–Trinajstić information content (AvgIpc) is 3.00. The number of quaternary nitrogens is 2. The Morgan fingerprint density at radius 2 is 0.362 bits per heavy atom. The van der Waals surface area contributed by atoms with Crippen molar-refractivity contribution in [2.24, 2.45) is 0 Å². The lowest BCUT2D eigenvalue weighted by atomic mass is 10.0. The molecule has 0 unspecified atom stereocenters. The van der Waals surface area contributed by atoms with E-state index >= 15 is 0 Å². The van der Waals surface area contributed by atoms with Crippen molar-refractivity contribution in [2.45, 2.75) is 226 Å². The number of halogens is 2. The highest BCUT2D eigenvalue weighted by atomic mass is 79.9. The van der Waals surface area contributed by atoms with Crippen LogP contribution in [0.3, 0.4) is 0 Å². The Kier molecular flexibility index (Phi) is 44.1. The monoisotopic (exact) mass is 795 g/mol. The van der Waals surface area contributed by atoms with Crippen LogP contribution in [0.2, 0.25) is 0 Å². The number of unbranched alkanes of at least 4 members (excludes halogenated alkanes) is 30. The number of hydrogen-bond donors (Lipinski definition) is 0. The molecule has 0 bridgehead atoms. The van der Waals surface area contributed by atoms with Gasteiger partial charge in [-0.15, -0.1) is 0 Å². The van der Waals surface area contributed by atoms with Gasteiger partial charge in [0, 0.05) is 6.42 Å². The van der Waals surface area contributed by atoms with Crippen molar-refractivity contribution in [3.8, 4) is 0 Å². The minimum atomic E-state index is 0. The predicted molar refractivity (Wildman–Crippen MR) is 207 cm³/mol. The zero-order valence-corrected chi connectivity index (χ0v) is 37.0. The van der Waals surface area contributed by atoms with Crippen molar-refractivity contribution >= 4 is 0 Å². The quantitative estimate of drug-likeness (QED) is 0.0439. The third kappa shape index (κ3) is 43.0. The van der Waals surface area contributed by atoms with Crippen LogP contribution in [0.5, 0.6) is 0 Å². The normalized spacial score (nSPS) is 11.9. The molecule has 0 aliphatic rings. The molecule has 0 rings (SSSR count). The highest BCUT2D eigenvalue weighted by Gasteiger charge is 2.19. The van der Waals surface area contributed by atoms with Gasteiger partial charge in [0.2, 0.25) is 0 Å². The number of nitrogens with zero attached hydrogens (tertiary/aromatic N) is 2. The van der Waals surface area contributed by atoms with E-state index in [2.05, 4.69) is 42.0 Å². The maximum Gasteiger partial charge on any atom is 0.0836 e. The van der Waals surface area contributed by atoms with Crippen molar-refractivity contribution < 1.29 is 42.9 Å². The van der Waals surface area contributed by atoms with E-state index in [0.29, 0.717) is 0 Å². The second kappa shape index (κ2) is 39.7. The average molecular weight is 797 g/mol. The van der Waals surface area contributed by atoms with Crippen LogP contribution in [-0.2, 0) is 0 Å². The van der Waals surface area contributed by atoms with Gasteiger partial charge < -0.3 is 42.9 Å². The minimum absolute atomic E-state index is 0. The zero-order chi connectivity index (χ0) is 33.2. The first-order valence-electron chi connectivity index (χ1n) is 21.5. The summed E-state index contributed by atoms with van der Waals surface area (Å²) in [6.07, 6.45) is 48.1. The fraction of sp³-hybridized carbons (Fsp3) is 1.00. The molecule has 0 spiro atoms. The first-order valence-corrected chi connectivity index (χ1v) is 21.5. The second-order valence-corrected chi connectivity index (χ2v) is 16.7. The van der Waals surface area contributed by atoms with Gasteiger partial charge in [-0.25, -0.2) is 0 Å². The van der Waals surface area contributed by atoms with Crippen molar-refractivity contribution in [1.29, 1.82) is 0 Å². The Balaban J connectivity index is -0.00000968. The summed E-state index contributed by atoms with van der Waals surface area (Å²) in [5.74, 6) is 0. The van der Waals surface area contributed by atoms with E-state index in [0.717, 1.165) is 0 Å². The Labute approximate surface area is 321 Å². The van der Waals surface area contributed by atoms with Gasteiger partial charge in [0.1, 0.15) is 0 Å². The Morgan fingerprint density at radius 3 is 0.553 bits per heavy atom. The topological polar surface area (TPSA) is 0 Å². The van der Waals surface area contributed by atoms with Crippen LogP contribution in [-0.4, -0.2) is 63.3 Å². The molecule has 2 nitrogen and oxygen atoms in total. The van der Waals surface area contributed by atoms with E-state index in [4.69, 9.17) is 0 Å². The fourth-order valence-electron chi connectivity index (χ4n) is 7.33. The molecular weight excluding hydrogens is 704 g/mol. The minimum Gasteiger partial charge on any atom is -1.00 e. The van der Waals surface area contributed by atoms with E-state index in [1.54, 1.807) is 0 Å². The highest BCUT2D eigenvalue weighted by molar-refractivity contribution is 4.52. The van der Waals surface area contributed by atoms with Crippen LogP contribution < -0.4 is 34.0 Å². The standard InChI is InChI=1S/C43H92N2.2BrH/c1-7-9-11-13-15-17-19-21-23-25-27-29-31-33-35-37-40-44(3,4)42-39-43-45(5,6)41-38-36-34-32-30-28-26-24-22-20-18-16-14-12-10-8-2;;/h7-43H2,1-6H3;2*1H/q+2;;/p-2. The van der Waals surface area contributed by atoms with Crippen LogP contribution in [0.1, 0.15) is 226 Å². The lowest BCUT2D eigenvalue weighted by molar-refractivity contribution is -0.909. The number of rotatable bonds is 38. The molecule has 0 aromatic rings. The molecule has 0 atom stereocenters. The maximum atomic E-state index is 2.47. The number of hydrogen-bond acceptors (Lipinski definition) is 0. The molecule has 0 heterocycles. The van der Waals surface area contributed by atoms with Crippen molar-refractivity contribution in [3.63, 3.8) is 0 Å². The summed E-state index contributed by atoms with van der Waals surface area (Å²) in [4.78, 5) is 0. The third-order valence-corrected chi connectivity index (χ3v) is 10.8. The molecule has 0 saturated carbocycles. The molecule has 0 saturated heterocycles. The summed E-state index contributed by atoms with van der Waals surface area (Å²) in [6.45, 7) is 10.0. The third-order valence-electron chi connectivity index (χ3n) is 10.8. The summed E-state index contributed by atoms with van der Waals surface area (Å²) in [6, 6.07) is 0. The molecule has 0 aliphatic carbocycles. The van der Waals surface area contributed by atoms with Crippen molar-refractivity contribution in [2.75, 3.05) is 54.4 Å². The Morgan fingerprint density at radius 1 is 0.213 bits per heavy atom. The Hall–Kier alpha value is 0.880. The Bertz CT molecular complexity index is 518. The van der Waals surface area contributed by atoms with Gasteiger partial charge in [-0.3, -0.25) is 0 Å². The maximum absolute atomic E-state index is 2.47. The van der Waals surface area contributed by atoms with Gasteiger partial charge >= 0.3 is 0 Å². The summed E-state index contributed by atoms with van der Waals surface area (Å²) >= 11 is 0. The molecule has 0 aromatic heterocycles. The summed E-state index contributed by atoms with van der Waals surface area (Å²) in [7, 11) is 9.89. The van der Waals surface area contributed by atoms with Crippen molar-refractivity contribution in [3.05, 3.63) is 0 Å². The van der Waals surface area contributed by atoms with Gasteiger partial charge in [-0.1, -0.05) is 194 Å². The van der Waals surface area contributed by atoms with Crippen LogP contribution >= 0.6 is 0 Å². The molecule has 0 N–H and O–H groups in total. The molecule has 47 heavy (non-hydrogen) atoms. The summed E-state index contributed by atoms with van der Waals surface area (Å²) in [5, 5.41) is 0. The molecular formula is C43H92Br2N2. The molecule has 288 valence electrons. The molecule has 0 aromatic carbocycles. The molecule has 0 fully saturated rings. The van der Waals surface area contributed by atoms with Gasteiger partial charge in [-0.05, 0) is 25.7 Å². The molecule has 0 amide bonds. The van der Waals surface area contributed by atoms with Gasteiger partial charge in [0.05, 0.1) is 54.4 Å². The molecule has 4 heteroatoms. The highest BCUT2D eigenvalue weighted by Crippen LogP contribution is 2.16. The lowest BCUT2D eigenvalue weighted by Crippen LogP contribution is -3.00. The smallest absolute Gasteiger partial charge is 0.0836 e. The van der Waals surface area contributed by atoms with E-state index < -0.39 is 0 Å². The summed E-state index contributed by atoms with van der Waals surface area (Å²) in [5.41, 5.74) is 0.